The number of nitrogens with zero attached hydrogens (tertiary/aromatic N) is 1. The van der Waals surface area contributed by atoms with Gasteiger partial charge in [-0.25, -0.2) is 5.06 Å². The molecule has 4 nitrogen and oxygen atoms in total. The molecule has 2 rings (SSSR count). The summed E-state index contributed by atoms with van der Waals surface area (Å²) in [6, 6.07) is 0. The molecule has 0 unspecified atom stereocenters. The van der Waals surface area contributed by atoms with Crippen molar-refractivity contribution in [1.82, 2.24) is 5.06 Å². The molecule has 0 N–H and O–H groups in total. The Bertz CT molecular complexity index is 442. The zero-order valence-electron chi connectivity index (χ0n) is 11.2. The minimum atomic E-state index is -4.37. The van der Waals surface area contributed by atoms with E-state index < -0.39 is 23.9 Å². The second kappa shape index (κ2) is 4.89. The van der Waals surface area contributed by atoms with E-state index in [2.05, 4.69) is 0 Å². The van der Waals surface area contributed by atoms with Crippen LogP contribution in [0.25, 0.3) is 0 Å². The highest BCUT2D eigenvalue weighted by Crippen LogP contribution is 2.38. The molecule has 0 saturated carbocycles. The zero-order valence-corrected chi connectivity index (χ0v) is 11.2. The molecule has 1 heterocycles. The molecule has 0 aromatic carbocycles. The van der Waals surface area contributed by atoms with Crippen LogP contribution in [0.4, 0.5) is 13.2 Å². The van der Waals surface area contributed by atoms with Crippen LogP contribution in [0.5, 0.6) is 0 Å². The largest absolute Gasteiger partial charge is 0.411 e. The number of hydrogen-bond donors (Lipinski definition) is 0. The Labute approximate surface area is 114 Å². The maximum Gasteiger partial charge on any atom is 0.411 e. The number of hydrogen-bond acceptors (Lipinski definition) is 3. The van der Waals surface area contributed by atoms with Crippen molar-refractivity contribution in [2.75, 3.05) is 13.7 Å². The van der Waals surface area contributed by atoms with E-state index >= 15 is 0 Å². The second-order valence-electron chi connectivity index (χ2n) is 5.12. The number of alkyl halides is 3. The molecule has 7 heteroatoms. The summed E-state index contributed by atoms with van der Waals surface area (Å²) in [5, 5.41) is 1.24. The molecule has 0 radical (unpaired) electrons. The molecule has 1 saturated heterocycles. The Balaban J connectivity index is 2.11. The first-order valence-corrected chi connectivity index (χ1v) is 6.18. The molecule has 1 aliphatic carbocycles. The van der Waals surface area contributed by atoms with Gasteiger partial charge in [0.25, 0.3) is 0 Å². The van der Waals surface area contributed by atoms with Crippen molar-refractivity contribution in [2.45, 2.75) is 37.1 Å². The Morgan fingerprint density at radius 2 is 1.90 bits per heavy atom. The number of amides is 1. The Morgan fingerprint density at radius 1 is 1.30 bits per heavy atom. The second-order valence-corrected chi connectivity index (χ2v) is 5.12. The van der Waals surface area contributed by atoms with Crippen molar-refractivity contribution in [2.24, 2.45) is 0 Å². The van der Waals surface area contributed by atoms with Gasteiger partial charge < -0.3 is 4.74 Å². The first-order chi connectivity index (χ1) is 9.20. The van der Waals surface area contributed by atoms with Crippen LogP contribution < -0.4 is 0 Å². The summed E-state index contributed by atoms with van der Waals surface area (Å²) in [5.41, 5.74) is -1.85. The molecule has 20 heavy (non-hydrogen) atoms. The van der Waals surface area contributed by atoms with Gasteiger partial charge in [0.15, 0.2) is 0 Å². The van der Waals surface area contributed by atoms with Crippen LogP contribution in [-0.2, 0) is 14.4 Å². The first-order valence-electron chi connectivity index (χ1n) is 6.18. The van der Waals surface area contributed by atoms with Crippen LogP contribution in [0, 0.1) is 0 Å². The third-order valence-corrected chi connectivity index (χ3v) is 3.48. The summed E-state index contributed by atoms with van der Waals surface area (Å²) in [6.45, 7) is 0.213. The van der Waals surface area contributed by atoms with E-state index in [1.54, 1.807) is 12.2 Å². The van der Waals surface area contributed by atoms with E-state index in [1.807, 2.05) is 0 Å². The average Bonchev–Trinajstić information content (AvgIpc) is 2.68. The van der Waals surface area contributed by atoms with Crippen molar-refractivity contribution < 1.29 is 27.5 Å². The zero-order chi connectivity index (χ0) is 15.0. The van der Waals surface area contributed by atoms with E-state index in [4.69, 9.17) is 9.57 Å². The maximum atomic E-state index is 12.2. The molecule has 112 valence electrons. The van der Waals surface area contributed by atoms with Gasteiger partial charge in [0.1, 0.15) is 17.7 Å². The lowest BCUT2D eigenvalue weighted by atomic mass is 9.86. The van der Waals surface area contributed by atoms with Gasteiger partial charge in [-0.05, 0) is 13.3 Å². The monoisotopic (exact) mass is 291 g/mol. The van der Waals surface area contributed by atoms with Crippen molar-refractivity contribution in [3.8, 4) is 0 Å². The molecule has 1 spiro atoms. The van der Waals surface area contributed by atoms with Gasteiger partial charge in [-0.2, -0.15) is 13.2 Å². The molecular weight excluding hydrogens is 275 g/mol. The van der Waals surface area contributed by atoms with Crippen molar-refractivity contribution in [3.63, 3.8) is 0 Å². The van der Waals surface area contributed by atoms with Gasteiger partial charge in [-0.3, -0.25) is 9.63 Å². The highest BCUT2D eigenvalue weighted by atomic mass is 19.4. The van der Waals surface area contributed by atoms with E-state index in [0.29, 0.717) is 12.8 Å². The molecule has 1 fully saturated rings. The predicted molar refractivity (Wildman–Crippen MR) is 64.5 cm³/mol. The Hall–Kier alpha value is -1.34. The lowest BCUT2D eigenvalue weighted by Crippen LogP contribution is -2.45. The molecule has 2 aliphatic rings. The van der Waals surface area contributed by atoms with Crippen LogP contribution in [0.3, 0.4) is 0 Å². The minimum absolute atomic E-state index is 0.151. The number of carbonyl (C=O) groups is 1. The molecule has 0 aromatic rings. The summed E-state index contributed by atoms with van der Waals surface area (Å²) >= 11 is 0. The van der Waals surface area contributed by atoms with Crippen molar-refractivity contribution >= 4 is 5.91 Å². The fourth-order valence-electron chi connectivity index (χ4n) is 2.38. The van der Waals surface area contributed by atoms with E-state index in [0.717, 1.165) is 0 Å². The van der Waals surface area contributed by atoms with Crippen LogP contribution >= 0.6 is 0 Å². The van der Waals surface area contributed by atoms with E-state index in [9.17, 15) is 18.0 Å². The number of hydroxylamine groups is 2. The molecule has 0 atom stereocenters. The van der Waals surface area contributed by atoms with Gasteiger partial charge in [0.05, 0.1) is 7.11 Å². The van der Waals surface area contributed by atoms with E-state index in [1.165, 1.54) is 31.2 Å². The summed E-state index contributed by atoms with van der Waals surface area (Å²) in [5.74, 6) is -0.151. The SMILES string of the molecule is CON1C(=O)CCC12C=CC(C)(OCC(F)(F)F)C=C2. The highest BCUT2D eigenvalue weighted by molar-refractivity contribution is 5.80. The molecular formula is C13H16F3NO3. The smallest absolute Gasteiger partial charge is 0.358 e. The minimum Gasteiger partial charge on any atom is -0.358 e. The normalized spacial score (nSPS) is 33.5. The van der Waals surface area contributed by atoms with Gasteiger partial charge >= 0.3 is 6.18 Å². The highest BCUT2D eigenvalue weighted by Gasteiger charge is 2.45. The van der Waals surface area contributed by atoms with Crippen LogP contribution in [0.15, 0.2) is 24.3 Å². The first kappa shape index (κ1) is 15.1. The third-order valence-electron chi connectivity index (χ3n) is 3.48. The maximum absolute atomic E-state index is 12.2. The lowest BCUT2D eigenvalue weighted by Gasteiger charge is -2.36. The molecule has 1 aliphatic heterocycles. The number of carbonyl (C=O) groups excluding carboxylic acids is 1. The number of halogens is 3. The van der Waals surface area contributed by atoms with E-state index in [-0.39, 0.29) is 5.91 Å². The summed E-state index contributed by atoms with van der Waals surface area (Å²) < 4.78 is 41.5. The molecule has 0 bridgehead atoms. The third kappa shape index (κ3) is 2.88. The summed E-state index contributed by atoms with van der Waals surface area (Å²) in [4.78, 5) is 16.7. The Kier molecular flexibility index (Phi) is 3.68. The van der Waals surface area contributed by atoms with Gasteiger partial charge in [0.2, 0.25) is 5.91 Å². The van der Waals surface area contributed by atoms with Gasteiger partial charge in [-0.1, -0.05) is 24.3 Å². The fourth-order valence-corrected chi connectivity index (χ4v) is 2.38. The quantitative estimate of drug-likeness (QED) is 0.749. The average molecular weight is 291 g/mol. The van der Waals surface area contributed by atoms with Gasteiger partial charge in [-0.15, -0.1) is 0 Å². The number of rotatable bonds is 3. The fraction of sp³-hybridized carbons (Fsp3) is 0.615. The van der Waals surface area contributed by atoms with Crippen molar-refractivity contribution in [3.05, 3.63) is 24.3 Å². The van der Waals surface area contributed by atoms with Crippen LogP contribution in [0.1, 0.15) is 19.8 Å². The standard InChI is InChI=1S/C13H16F3NO3/c1-11(20-9-13(14,15)16)5-7-12(8-6-11)4-3-10(18)17(12)19-2/h5-8H,3-4,9H2,1-2H3. The topological polar surface area (TPSA) is 38.8 Å². The van der Waals surface area contributed by atoms with Crippen molar-refractivity contribution in [1.29, 1.82) is 0 Å². The summed E-state index contributed by atoms with van der Waals surface area (Å²) in [6.07, 6.45) is 2.88. The van der Waals surface area contributed by atoms with Gasteiger partial charge in [0, 0.05) is 6.42 Å². The van der Waals surface area contributed by atoms with Crippen LogP contribution in [-0.4, -0.2) is 42.0 Å². The summed E-state index contributed by atoms with van der Waals surface area (Å²) in [7, 11) is 1.39. The number of ether oxygens (including phenoxy) is 1. The predicted octanol–water partition coefficient (Wildman–Crippen LogP) is 2.37. The van der Waals surface area contributed by atoms with Crippen LogP contribution in [0.2, 0.25) is 0 Å². The lowest BCUT2D eigenvalue weighted by molar-refractivity contribution is -0.190. The molecule has 1 amide bonds. The molecule has 0 aromatic heterocycles. The Morgan fingerprint density at radius 3 is 2.40 bits per heavy atom.